The second-order valence-corrected chi connectivity index (χ2v) is 2.88. The molecule has 0 aliphatic carbocycles. The van der Waals surface area contributed by atoms with Crippen LogP contribution in [0.25, 0.3) is 0 Å². The Bertz CT molecular complexity index is 314. The molecule has 0 saturated carbocycles. The second-order valence-electron chi connectivity index (χ2n) is 2.88. The third-order valence-electron chi connectivity index (χ3n) is 1.95. The normalized spacial score (nSPS) is 12.1. The van der Waals surface area contributed by atoms with Gasteiger partial charge >= 0.3 is 5.97 Å². The number of nitrogens with zero attached hydrogens (tertiary/aromatic N) is 1. The van der Waals surface area contributed by atoms with Crippen LogP contribution in [-0.2, 0) is 9.63 Å². The van der Waals surface area contributed by atoms with Crippen LogP contribution in [0.15, 0.2) is 30.3 Å². The molecule has 0 aliphatic rings. The van der Waals surface area contributed by atoms with Gasteiger partial charge in [0.2, 0.25) is 0 Å². The Labute approximate surface area is 87.5 Å². The zero-order valence-corrected chi connectivity index (χ0v) is 8.33. The highest BCUT2D eigenvalue weighted by atomic mass is 16.7. The van der Waals surface area contributed by atoms with E-state index in [0.717, 1.165) is 5.06 Å². The molecule has 0 aliphatic heterocycles. The molecule has 1 rings (SSSR count). The van der Waals surface area contributed by atoms with Gasteiger partial charge in [-0.2, -0.15) is 0 Å². The summed E-state index contributed by atoms with van der Waals surface area (Å²) in [5, 5.41) is 19.0. The van der Waals surface area contributed by atoms with Gasteiger partial charge in [-0.05, 0) is 12.1 Å². The minimum absolute atomic E-state index is 0.516. The molecule has 0 amide bonds. The van der Waals surface area contributed by atoms with E-state index in [1.54, 1.807) is 24.3 Å². The third-order valence-corrected chi connectivity index (χ3v) is 1.95. The summed E-state index contributed by atoms with van der Waals surface area (Å²) in [6, 6.07) is 7.64. The summed E-state index contributed by atoms with van der Waals surface area (Å²) in [4.78, 5) is 15.8. The Morgan fingerprint density at radius 3 is 2.47 bits per heavy atom. The number of hydrogen-bond acceptors (Lipinski definition) is 4. The van der Waals surface area contributed by atoms with Crippen LogP contribution in [0.5, 0.6) is 0 Å². The molecule has 0 bridgehead atoms. The van der Waals surface area contributed by atoms with Crippen molar-refractivity contribution in [2.45, 2.75) is 6.04 Å². The van der Waals surface area contributed by atoms with Gasteiger partial charge in [0.1, 0.15) is 0 Å². The average Bonchev–Trinajstić information content (AvgIpc) is 2.26. The summed E-state index contributed by atoms with van der Waals surface area (Å²) >= 11 is 0. The van der Waals surface area contributed by atoms with Crippen molar-refractivity contribution < 1.29 is 19.8 Å². The van der Waals surface area contributed by atoms with Crippen LogP contribution < -0.4 is 5.06 Å². The number of carboxylic acids is 1. The first kappa shape index (κ1) is 11.5. The number of benzene rings is 1. The summed E-state index contributed by atoms with van der Waals surface area (Å²) in [6.45, 7) is -0.516. The second kappa shape index (κ2) is 5.33. The van der Waals surface area contributed by atoms with E-state index in [9.17, 15) is 4.79 Å². The van der Waals surface area contributed by atoms with E-state index < -0.39 is 18.6 Å². The number of aliphatic hydroxyl groups excluding tert-OH is 1. The average molecular weight is 211 g/mol. The number of para-hydroxylation sites is 1. The highest BCUT2D eigenvalue weighted by Crippen LogP contribution is 2.16. The maximum atomic E-state index is 10.8. The lowest BCUT2D eigenvalue weighted by molar-refractivity contribution is -0.141. The number of carbonyl (C=O) groups is 1. The van der Waals surface area contributed by atoms with E-state index in [1.165, 1.54) is 7.11 Å². The van der Waals surface area contributed by atoms with Gasteiger partial charge in [-0.1, -0.05) is 18.2 Å². The van der Waals surface area contributed by atoms with E-state index in [1.807, 2.05) is 6.07 Å². The molecular weight excluding hydrogens is 198 g/mol. The number of anilines is 1. The minimum atomic E-state index is -1.14. The molecule has 1 atom stereocenters. The highest BCUT2D eigenvalue weighted by Gasteiger charge is 2.25. The molecule has 2 N–H and O–H groups in total. The smallest absolute Gasteiger partial charge is 0.331 e. The van der Waals surface area contributed by atoms with Crippen LogP contribution in [0.4, 0.5) is 5.69 Å². The summed E-state index contributed by atoms with van der Waals surface area (Å²) in [6.07, 6.45) is 0. The van der Waals surface area contributed by atoms with Gasteiger partial charge in [0, 0.05) is 0 Å². The third kappa shape index (κ3) is 2.68. The number of hydrogen-bond donors (Lipinski definition) is 2. The van der Waals surface area contributed by atoms with Gasteiger partial charge in [0.05, 0.1) is 19.4 Å². The largest absolute Gasteiger partial charge is 0.480 e. The van der Waals surface area contributed by atoms with Crippen molar-refractivity contribution in [3.8, 4) is 0 Å². The number of rotatable bonds is 5. The quantitative estimate of drug-likeness (QED) is 0.694. The summed E-state index contributed by atoms with van der Waals surface area (Å²) in [5.41, 5.74) is 0.585. The zero-order chi connectivity index (χ0) is 11.3. The standard InChI is InChI=1S/C10H13NO4/c1-15-11(9(7-12)10(13)14)8-5-3-2-4-6-8/h2-6,9,12H,7H2,1H3,(H,13,14). The van der Waals surface area contributed by atoms with Crippen molar-refractivity contribution in [2.75, 3.05) is 18.8 Å². The summed E-state index contributed by atoms with van der Waals surface area (Å²) < 4.78 is 0. The predicted molar refractivity (Wildman–Crippen MR) is 54.4 cm³/mol. The molecule has 1 aromatic carbocycles. The van der Waals surface area contributed by atoms with Gasteiger partial charge in [0.15, 0.2) is 6.04 Å². The van der Waals surface area contributed by atoms with Crippen molar-refractivity contribution in [1.82, 2.24) is 0 Å². The maximum Gasteiger partial charge on any atom is 0.331 e. The molecule has 82 valence electrons. The number of aliphatic carboxylic acids is 1. The molecule has 0 radical (unpaired) electrons. The SMILES string of the molecule is CON(c1ccccc1)C(CO)C(=O)O. The van der Waals surface area contributed by atoms with Gasteiger partial charge in [-0.15, -0.1) is 0 Å². The Balaban J connectivity index is 2.92. The van der Waals surface area contributed by atoms with Gasteiger partial charge in [0.25, 0.3) is 0 Å². The van der Waals surface area contributed by atoms with Crippen molar-refractivity contribution in [3.63, 3.8) is 0 Å². The Hall–Kier alpha value is -1.59. The molecule has 0 aromatic heterocycles. The van der Waals surface area contributed by atoms with Crippen LogP contribution in [0.3, 0.4) is 0 Å². The first-order chi connectivity index (χ1) is 7.20. The first-order valence-corrected chi connectivity index (χ1v) is 4.42. The predicted octanol–water partition coefficient (Wildman–Crippen LogP) is 0.500. The molecule has 5 heteroatoms. The molecule has 0 fully saturated rings. The number of hydroxylamine groups is 1. The van der Waals surface area contributed by atoms with E-state index in [4.69, 9.17) is 15.1 Å². The lowest BCUT2D eigenvalue weighted by Crippen LogP contribution is -2.43. The molecular formula is C10H13NO4. The topological polar surface area (TPSA) is 70.0 Å². The van der Waals surface area contributed by atoms with Crippen LogP contribution in [0, 0.1) is 0 Å². The van der Waals surface area contributed by atoms with Crippen molar-refractivity contribution >= 4 is 11.7 Å². The summed E-state index contributed by atoms with van der Waals surface area (Å²) in [5.74, 6) is -1.14. The maximum absolute atomic E-state index is 10.8. The van der Waals surface area contributed by atoms with Gasteiger partial charge < -0.3 is 10.2 Å². The molecule has 5 nitrogen and oxygen atoms in total. The highest BCUT2D eigenvalue weighted by molar-refractivity contribution is 5.77. The van der Waals surface area contributed by atoms with E-state index in [0.29, 0.717) is 5.69 Å². The van der Waals surface area contributed by atoms with Crippen molar-refractivity contribution in [1.29, 1.82) is 0 Å². The van der Waals surface area contributed by atoms with Crippen LogP contribution in [0.1, 0.15) is 0 Å². The molecule has 1 aromatic rings. The van der Waals surface area contributed by atoms with E-state index in [-0.39, 0.29) is 0 Å². The molecule has 0 saturated heterocycles. The fourth-order valence-corrected chi connectivity index (χ4v) is 1.24. The van der Waals surface area contributed by atoms with Crippen LogP contribution >= 0.6 is 0 Å². The van der Waals surface area contributed by atoms with Crippen LogP contribution in [-0.4, -0.2) is 35.9 Å². The number of aliphatic hydroxyl groups is 1. The van der Waals surface area contributed by atoms with Gasteiger partial charge in [-0.3, -0.25) is 4.84 Å². The van der Waals surface area contributed by atoms with Crippen molar-refractivity contribution in [2.24, 2.45) is 0 Å². The Morgan fingerprint density at radius 2 is 2.07 bits per heavy atom. The zero-order valence-electron chi connectivity index (χ0n) is 8.33. The van der Waals surface area contributed by atoms with Crippen LogP contribution in [0.2, 0.25) is 0 Å². The fraction of sp³-hybridized carbons (Fsp3) is 0.300. The fourth-order valence-electron chi connectivity index (χ4n) is 1.24. The Kier molecular flexibility index (Phi) is 4.08. The molecule has 15 heavy (non-hydrogen) atoms. The first-order valence-electron chi connectivity index (χ1n) is 4.42. The monoisotopic (exact) mass is 211 g/mol. The lowest BCUT2D eigenvalue weighted by atomic mass is 10.2. The summed E-state index contributed by atoms with van der Waals surface area (Å²) in [7, 11) is 1.36. The number of carboxylic acid groups (broad SMARTS) is 1. The lowest BCUT2D eigenvalue weighted by Gasteiger charge is -2.26. The molecule has 0 heterocycles. The van der Waals surface area contributed by atoms with E-state index >= 15 is 0 Å². The van der Waals surface area contributed by atoms with Crippen molar-refractivity contribution in [3.05, 3.63) is 30.3 Å². The Morgan fingerprint density at radius 1 is 1.47 bits per heavy atom. The van der Waals surface area contributed by atoms with E-state index in [2.05, 4.69) is 0 Å². The minimum Gasteiger partial charge on any atom is -0.480 e. The molecule has 1 unspecified atom stereocenters. The molecule has 0 spiro atoms. The van der Waals surface area contributed by atoms with Gasteiger partial charge in [-0.25, -0.2) is 9.86 Å².